The number of carbonyl (C=O) groups is 2. The van der Waals surface area contributed by atoms with Gasteiger partial charge in [0.05, 0.1) is 6.61 Å². The molecule has 6 atom stereocenters. The second kappa shape index (κ2) is 37.9. The topological polar surface area (TPSA) is 186 Å². The van der Waals surface area contributed by atoms with Gasteiger partial charge in [-0.3, -0.25) is 14.1 Å². The highest BCUT2D eigenvalue weighted by Gasteiger charge is 2.46. The first-order valence-electron chi connectivity index (χ1n) is 23.3. The molecule has 0 amide bonds. The molecule has 0 spiro atoms. The van der Waals surface area contributed by atoms with Crippen molar-refractivity contribution in [1.82, 2.24) is 0 Å². The van der Waals surface area contributed by atoms with Crippen LogP contribution in [-0.4, -0.2) is 96.0 Å². The van der Waals surface area contributed by atoms with Crippen LogP contribution in [0, 0.1) is 0 Å². The minimum Gasteiger partial charge on any atom is -0.462 e. The van der Waals surface area contributed by atoms with E-state index >= 15 is 0 Å². The van der Waals surface area contributed by atoms with Gasteiger partial charge in [0.1, 0.15) is 36.8 Å². The van der Waals surface area contributed by atoms with Gasteiger partial charge >= 0.3 is 11.9 Å². The zero-order valence-electron chi connectivity index (χ0n) is 37.5. The van der Waals surface area contributed by atoms with E-state index in [0.29, 0.717) is 12.8 Å². The van der Waals surface area contributed by atoms with Gasteiger partial charge in [0.2, 0.25) is 0 Å². The van der Waals surface area contributed by atoms with Crippen LogP contribution in [0.25, 0.3) is 0 Å². The van der Waals surface area contributed by atoms with E-state index in [4.69, 9.17) is 18.9 Å². The van der Waals surface area contributed by atoms with Gasteiger partial charge in [-0.15, -0.1) is 0 Å². The fourth-order valence-corrected chi connectivity index (χ4v) is 7.45. The van der Waals surface area contributed by atoms with Crippen molar-refractivity contribution in [3.8, 4) is 0 Å². The van der Waals surface area contributed by atoms with Gasteiger partial charge < -0.3 is 34.3 Å². The minimum absolute atomic E-state index is 0.157. The number of hydrogen-bond acceptors (Lipinski definition) is 11. The van der Waals surface area contributed by atoms with Crippen LogP contribution in [0.3, 0.4) is 0 Å². The van der Waals surface area contributed by atoms with E-state index in [-0.39, 0.29) is 19.4 Å². The van der Waals surface area contributed by atoms with Crippen molar-refractivity contribution < 1.29 is 56.8 Å². The number of carbonyl (C=O) groups excluding carboxylic acids is 2. The average Bonchev–Trinajstić information content (AvgIpc) is 3.22. The normalized spacial score (nSPS) is 20.5. The average molecular weight is 883 g/mol. The number of ether oxygens (including phenoxy) is 4. The molecule has 0 aromatic rings. The van der Waals surface area contributed by atoms with E-state index < -0.39 is 71.2 Å². The van der Waals surface area contributed by atoms with Gasteiger partial charge in [0.25, 0.3) is 10.1 Å². The summed E-state index contributed by atoms with van der Waals surface area (Å²) in [6.07, 6.45) is 36.9. The standard InChI is InChI=1S/C48H82O12S/c1-3-5-7-9-11-13-15-17-19-20-21-22-23-25-26-28-30-32-34-36-43(49)57-38-41(39-58-48-47(53)46(52)45(51)42(60-48)40-61(54,55)56)59-44(50)37-35-33-31-29-27-24-18-16-14-12-10-8-6-4-2/h5,7,11,13,17,19,21-22,25-26,41-42,45-48,51-53H,3-4,6,8-10,12,14-16,18,20,23-24,27-40H2,1-2H3,(H,54,55,56)/b7-5+,13-11+,19-17+,22-21+,26-25+/t41-,42-,45-,46?,47?,48+/m1/s1. The SMILES string of the molecule is CC/C=C/C/C=C/C/C=C/C/C=C/C/C=C/CCCCCC(=O)OC[C@H](CO[C@H]1O[C@H](CS(=O)(=O)O)[C@@H](O)C(O)C1O)OC(=O)CCCCCCCCCCCCCCCC. The third-order valence-corrected chi connectivity index (χ3v) is 11.1. The van der Waals surface area contributed by atoms with E-state index in [0.717, 1.165) is 70.6 Å². The highest BCUT2D eigenvalue weighted by atomic mass is 32.2. The van der Waals surface area contributed by atoms with E-state index in [9.17, 15) is 37.9 Å². The Morgan fingerprint density at radius 3 is 1.54 bits per heavy atom. The largest absolute Gasteiger partial charge is 0.462 e. The summed E-state index contributed by atoms with van der Waals surface area (Å²) in [4.78, 5) is 25.4. The molecule has 13 heteroatoms. The molecule has 0 radical (unpaired) electrons. The fourth-order valence-electron chi connectivity index (χ4n) is 6.76. The molecule has 0 bridgehead atoms. The second-order valence-corrected chi connectivity index (χ2v) is 17.5. The molecule has 0 saturated carbocycles. The van der Waals surface area contributed by atoms with Crippen LogP contribution < -0.4 is 0 Å². The molecule has 352 valence electrons. The summed E-state index contributed by atoms with van der Waals surface area (Å²) in [5.74, 6) is -2.03. The summed E-state index contributed by atoms with van der Waals surface area (Å²) in [5, 5.41) is 30.9. The summed E-state index contributed by atoms with van der Waals surface area (Å²) >= 11 is 0. The Labute approximate surface area is 368 Å². The van der Waals surface area contributed by atoms with Crippen LogP contribution in [-0.2, 0) is 38.7 Å². The molecule has 1 heterocycles. The van der Waals surface area contributed by atoms with Crippen molar-refractivity contribution in [2.75, 3.05) is 19.0 Å². The first kappa shape index (κ1) is 56.4. The molecule has 1 aliphatic heterocycles. The van der Waals surface area contributed by atoms with Gasteiger partial charge in [-0.2, -0.15) is 8.42 Å². The molecule has 0 aliphatic carbocycles. The Balaban J connectivity index is 2.45. The van der Waals surface area contributed by atoms with Gasteiger partial charge in [-0.25, -0.2) is 0 Å². The number of unbranched alkanes of at least 4 members (excludes halogenated alkanes) is 16. The molecule has 61 heavy (non-hydrogen) atoms. The number of aliphatic hydroxyl groups is 3. The monoisotopic (exact) mass is 883 g/mol. The van der Waals surface area contributed by atoms with E-state index in [1.807, 2.05) is 0 Å². The molecular formula is C48H82O12S. The van der Waals surface area contributed by atoms with E-state index in [1.165, 1.54) is 64.2 Å². The Morgan fingerprint density at radius 1 is 0.574 bits per heavy atom. The molecule has 2 unspecified atom stereocenters. The van der Waals surface area contributed by atoms with Crippen LogP contribution in [0.15, 0.2) is 60.8 Å². The summed E-state index contributed by atoms with van der Waals surface area (Å²) in [6.45, 7) is 3.62. The zero-order valence-corrected chi connectivity index (χ0v) is 38.3. The van der Waals surface area contributed by atoms with Gasteiger partial charge in [-0.05, 0) is 57.8 Å². The molecule has 1 aliphatic rings. The summed E-state index contributed by atoms with van der Waals surface area (Å²) in [6, 6.07) is 0. The van der Waals surface area contributed by atoms with Crippen molar-refractivity contribution in [2.24, 2.45) is 0 Å². The Bertz CT molecular complexity index is 1360. The summed E-state index contributed by atoms with van der Waals surface area (Å²) < 4.78 is 54.1. The molecule has 1 rings (SSSR count). The third-order valence-electron chi connectivity index (χ3n) is 10.4. The predicted molar refractivity (Wildman–Crippen MR) is 242 cm³/mol. The van der Waals surface area contributed by atoms with Gasteiger partial charge in [0.15, 0.2) is 12.4 Å². The molecule has 1 fully saturated rings. The minimum atomic E-state index is -4.61. The third kappa shape index (κ3) is 32.7. The van der Waals surface area contributed by atoms with Crippen LogP contribution in [0.4, 0.5) is 0 Å². The Morgan fingerprint density at radius 2 is 1.03 bits per heavy atom. The first-order chi connectivity index (χ1) is 29.5. The lowest BCUT2D eigenvalue weighted by Crippen LogP contribution is -2.60. The van der Waals surface area contributed by atoms with E-state index in [1.54, 1.807) is 0 Å². The van der Waals surface area contributed by atoms with Crippen molar-refractivity contribution in [3.63, 3.8) is 0 Å². The van der Waals surface area contributed by atoms with Gasteiger partial charge in [0, 0.05) is 12.8 Å². The molecular weight excluding hydrogens is 801 g/mol. The summed E-state index contributed by atoms with van der Waals surface area (Å²) in [5.41, 5.74) is 0. The second-order valence-electron chi connectivity index (χ2n) is 16.0. The van der Waals surface area contributed by atoms with Crippen molar-refractivity contribution in [3.05, 3.63) is 60.8 Å². The van der Waals surface area contributed by atoms with Crippen LogP contribution in [0.1, 0.15) is 174 Å². The molecule has 0 aromatic carbocycles. The van der Waals surface area contributed by atoms with Gasteiger partial charge in [-0.1, -0.05) is 164 Å². The molecule has 4 N–H and O–H groups in total. The Hall–Kier alpha value is -2.65. The molecule has 12 nitrogen and oxygen atoms in total. The lowest BCUT2D eigenvalue weighted by Gasteiger charge is -2.40. The van der Waals surface area contributed by atoms with E-state index in [2.05, 4.69) is 74.6 Å². The maximum atomic E-state index is 12.8. The maximum Gasteiger partial charge on any atom is 0.306 e. The van der Waals surface area contributed by atoms with Crippen molar-refractivity contribution >= 4 is 22.1 Å². The molecule has 1 saturated heterocycles. The number of hydrogen-bond donors (Lipinski definition) is 4. The zero-order chi connectivity index (χ0) is 44.8. The van der Waals surface area contributed by atoms with Crippen molar-refractivity contribution in [2.45, 2.75) is 211 Å². The number of aliphatic hydroxyl groups excluding tert-OH is 3. The lowest BCUT2D eigenvalue weighted by molar-refractivity contribution is -0.297. The van der Waals surface area contributed by atoms with Crippen molar-refractivity contribution in [1.29, 1.82) is 0 Å². The highest BCUT2D eigenvalue weighted by molar-refractivity contribution is 7.85. The Kier molecular flexibility index (Phi) is 35.0. The summed E-state index contributed by atoms with van der Waals surface area (Å²) in [7, 11) is -4.61. The number of rotatable bonds is 38. The lowest BCUT2D eigenvalue weighted by atomic mass is 10.00. The number of esters is 2. The highest BCUT2D eigenvalue weighted by Crippen LogP contribution is 2.24. The molecule has 0 aromatic heterocycles. The van der Waals surface area contributed by atoms with Crippen LogP contribution >= 0.6 is 0 Å². The quantitative estimate of drug-likeness (QED) is 0.0199. The number of allylic oxidation sites excluding steroid dienone is 10. The fraction of sp³-hybridized carbons (Fsp3) is 0.750. The maximum absolute atomic E-state index is 12.8. The smallest absolute Gasteiger partial charge is 0.306 e. The van der Waals surface area contributed by atoms with Crippen LogP contribution in [0.5, 0.6) is 0 Å². The van der Waals surface area contributed by atoms with Crippen LogP contribution in [0.2, 0.25) is 0 Å². The predicted octanol–water partition coefficient (Wildman–Crippen LogP) is 9.73. The first-order valence-corrected chi connectivity index (χ1v) is 25.0.